The molecule has 0 fully saturated rings. The number of carboxylic acids is 1. The lowest BCUT2D eigenvalue weighted by Gasteiger charge is -2.33. The van der Waals surface area contributed by atoms with Crippen molar-refractivity contribution in [3.63, 3.8) is 0 Å². The number of carbonyl (C=O) groups excluding carboxylic acids is 2. The third kappa shape index (κ3) is 8.69. The summed E-state index contributed by atoms with van der Waals surface area (Å²) in [5.41, 5.74) is 1.34. The number of aromatic hydroxyl groups is 1. The number of carboxylic acid groups (broad SMARTS) is 1. The van der Waals surface area contributed by atoms with Crippen LogP contribution in [0.1, 0.15) is 70.4 Å². The van der Waals surface area contributed by atoms with Crippen LogP contribution in [0.4, 0.5) is 0 Å². The molecule has 11 heteroatoms. The maximum absolute atomic E-state index is 13.0. The molecule has 0 spiro atoms. The minimum absolute atomic E-state index is 0.00165. The Labute approximate surface area is 226 Å². The molecule has 1 aliphatic rings. The Morgan fingerprint density at radius 3 is 2.49 bits per heavy atom. The lowest BCUT2D eigenvalue weighted by molar-refractivity contribution is -0.757. The van der Waals surface area contributed by atoms with Gasteiger partial charge in [0, 0.05) is 23.6 Å². The Morgan fingerprint density at radius 2 is 1.87 bits per heavy atom. The van der Waals surface area contributed by atoms with Crippen LogP contribution in [0, 0.1) is 16.0 Å². The Bertz CT molecular complexity index is 1180. The van der Waals surface area contributed by atoms with Crippen molar-refractivity contribution in [1.29, 1.82) is 0 Å². The highest BCUT2D eigenvalue weighted by atomic mass is 16.9. The molecule has 0 bridgehead atoms. The standard InChI is InChI=1S/C28H35NO10/c1-17(2)20-9-8-18(3)14-21(20)26-22(30)15-19(16-23(26)39-25(33)11-10-24(31)32)28(4,5)27(34)37-12-6-7-13-38-29(35)36/h10-11,14-16,20-21,30H,1,6-9,12-13H2,2-5H3,(H,31,32)/b11-10+/t20-,21+/m0/s1. The minimum Gasteiger partial charge on any atom is -0.507 e. The van der Waals surface area contributed by atoms with Crippen LogP contribution in [0.15, 0.2) is 48.1 Å². The van der Waals surface area contributed by atoms with E-state index in [1.54, 1.807) is 13.8 Å². The predicted octanol–water partition coefficient (Wildman–Crippen LogP) is 4.76. The number of nitrogens with zero attached hydrogens (tertiary/aromatic N) is 1. The molecule has 0 aliphatic heterocycles. The largest absolute Gasteiger partial charge is 0.507 e. The quantitative estimate of drug-likeness (QED) is 0.0672. The number of ether oxygens (including phenoxy) is 2. The average molecular weight is 546 g/mol. The summed E-state index contributed by atoms with van der Waals surface area (Å²) in [4.78, 5) is 50.7. The topological polar surface area (TPSA) is 162 Å². The van der Waals surface area contributed by atoms with Gasteiger partial charge in [0.2, 0.25) is 0 Å². The molecule has 39 heavy (non-hydrogen) atoms. The van der Waals surface area contributed by atoms with Gasteiger partial charge in [0.05, 0.1) is 18.6 Å². The molecule has 0 unspecified atom stereocenters. The highest BCUT2D eigenvalue weighted by molar-refractivity contribution is 5.92. The van der Waals surface area contributed by atoms with Crippen molar-refractivity contribution in [2.75, 3.05) is 13.2 Å². The lowest BCUT2D eigenvalue weighted by Crippen LogP contribution is -2.31. The molecular weight excluding hydrogens is 510 g/mol. The zero-order valence-electron chi connectivity index (χ0n) is 22.6. The first kappa shape index (κ1) is 31.1. The average Bonchev–Trinajstić information content (AvgIpc) is 2.84. The molecule has 1 aromatic rings. The SMILES string of the molecule is C=C(C)[C@@H]1CCC(C)=C[C@H]1c1c(O)cc(C(C)(C)C(=O)OCCCCO[N+](=O)[O-])cc1OC(=O)/C=C/C(=O)O. The molecule has 2 atom stereocenters. The number of hydrogen-bond acceptors (Lipinski definition) is 9. The van der Waals surface area contributed by atoms with E-state index < -0.39 is 28.4 Å². The molecule has 0 heterocycles. The molecule has 0 aromatic heterocycles. The Hall–Kier alpha value is -4.15. The fourth-order valence-corrected chi connectivity index (χ4v) is 4.39. The number of benzene rings is 1. The van der Waals surface area contributed by atoms with Crippen LogP contribution in [0.2, 0.25) is 0 Å². The van der Waals surface area contributed by atoms with Crippen molar-refractivity contribution in [3.8, 4) is 11.5 Å². The van der Waals surface area contributed by atoms with Crippen molar-refractivity contribution in [2.24, 2.45) is 5.92 Å². The molecule has 0 radical (unpaired) electrons. The summed E-state index contributed by atoms with van der Waals surface area (Å²) in [6, 6.07) is 2.90. The smallest absolute Gasteiger partial charge is 0.336 e. The van der Waals surface area contributed by atoms with E-state index in [1.807, 2.05) is 19.9 Å². The third-order valence-electron chi connectivity index (χ3n) is 6.61. The summed E-state index contributed by atoms with van der Waals surface area (Å²) in [6.07, 6.45) is 5.67. The first-order valence-electron chi connectivity index (χ1n) is 12.5. The van der Waals surface area contributed by atoms with E-state index in [1.165, 1.54) is 12.1 Å². The van der Waals surface area contributed by atoms with E-state index in [9.17, 15) is 29.6 Å². The molecule has 2 N–H and O–H groups in total. The van der Waals surface area contributed by atoms with Crippen LogP contribution >= 0.6 is 0 Å². The van der Waals surface area contributed by atoms with E-state index in [0.717, 1.165) is 30.1 Å². The number of phenols is 1. The van der Waals surface area contributed by atoms with Gasteiger partial charge in [0.1, 0.15) is 11.5 Å². The number of unbranched alkanes of at least 4 members (excludes halogenated alkanes) is 1. The second-order valence-electron chi connectivity index (χ2n) is 10.1. The van der Waals surface area contributed by atoms with Gasteiger partial charge in [0.25, 0.3) is 5.09 Å². The van der Waals surface area contributed by atoms with Crippen LogP contribution in [0.25, 0.3) is 0 Å². The normalized spacial score (nSPS) is 17.3. The molecule has 0 amide bonds. The Balaban J connectivity index is 2.43. The molecule has 1 aliphatic carbocycles. The molecule has 1 aromatic carbocycles. The minimum atomic E-state index is -1.33. The van der Waals surface area contributed by atoms with Gasteiger partial charge in [-0.1, -0.05) is 23.8 Å². The monoisotopic (exact) mass is 545 g/mol. The number of carbonyl (C=O) groups is 3. The summed E-state index contributed by atoms with van der Waals surface area (Å²) >= 11 is 0. The number of rotatable bonds is 13. The van der Waals surface area contributed by atoms with E-state index in [2.05, 4.69) is 11.4 Å². The van der Waals surface area contributed by atoms with Gasteiger partial charge in [-0.3, -0.25) is 4.79 Å². The van der Waals surface area contributed by atoms with Crippen molar-refractivity contribution in [2.45, 2.75) is 64.7 Å². The predicted molar refractivity (Wildman–Crippen MR) is 141 cm³/mol. The molecule has 11 nitrogen and oxygen atoms in total. The second-order valence-corrected chi connectivity index (χ2v) is 10.1. The van der Waals surface area contributed by atoms with Crippen molar-refractivity contribution >= 4 is 17.9 Å². The first-order valence-corrected chi connectivity index (χ1v) is 12.5. The van der Waals surface area contributed by atoms with Crippen LogP contribution in [0.5, 0.6) is 11.5 Å². The number of phenolic OH excluding ortho intramolecular Hbond substituents is 1. The lowest BCUT2D eigenvalue weighted by atomic mass is 9.73. The van der Waals surface area contributed by atoms with Crippen LogP contribution in [-0.2, 0) is 29.4 Å². The first-order chi connectivity index (χ1) is 18.2. The van der Waals surface area contributed by atoms with Gasteiger partial charge in [-0.2, -0.15) is 0 Å². The number of aliphatic carboxylic acids is 1. The van der Waals surface area contributed by atoms with Crippen LogP contribution < -0.4 is 4.74 Å². The van der Waals surface area contributed by atoms with Crippen molar-refractivity contribution < 1.29 is 44.0 Å². The summed E-state index contributed by atoms with van der Waals surface area (Å²) in [6.45, 7) is 11.0. The number of esters is 2. The van der Waals surface area contributed by atoms with E-state index in [-0.39, 0.29) is 36.5 Å². The zero-order chi connectivity index (χ0) is 29.3. The van der Waals surface area contributed by atoms with Gasteiger partial charge in [0.15, 0.2) is 0 Å². The molecule has 0 saturated heterocycles. The number of allylic oxidation sites excluding steroid dienone is 3. The fourth-order valence-electron chi connectivity index (χ4n) is 4.39. The van der Waals surface area contributed by atoms with E-state index >= 15 is 0 Å². The Morgan fingerprint density at radius 1 is 1.21 bits per heavy atom. The van der Waals surface area contributed by atoms with Crippen LogP contribution in [0.3, 0.4) is 0 Å². The summed E-state index contributed by atoms with van der Waals surface area (Å²) < 4.78 is 10.9. The van der Waals surface area contributed by atoms with E-state index in [4.69, 9.17) is 14.6 Å². The van der Waals surface area contributed by atoms with Crippen molar-refractivity contribution in [3.05, 3.63) is 69.3 Å². The van der Waals surface area contributed by atoms with Crippen molar-refractivity contribution in [1.82, 2.24) is 0 Å². The maximum Gasteiger partial charge on any atom is 0.336 e. The summed E-state index contributed by atoms with van der Waals surface area (Å²) in [5.74, 6) is -3.53. The molecule has 2 rings (SSSR count). The molecule has 212 valence electrons. The van der Waals surface area contributed by atoms with Crippen LogP contribution in [-0.4, -0.2) is 46.4 Å². The second kappa shape index (κ2) is 13.6. The fraction of sp³-hybridized carbons (Fsp3) is 0.464. The van der Waals surface area contributed by atoms with E-state index in [0.29, 0.717) is 30.0 Å². The summed E-state index contributed by atoms with van der Waals surface area (Å²) in [7, 11) is 0. The molecular formula is C28H35NO10. The molecule has 0 saturated carbocycles. The third-order valence-corrected chi connectivity index (χ3v) is 6.61. The number of hydrogen-bond donors (Lipinski definition) is 2. The van der Waals surface area contributed by atoms with Gasteiger partial charge >= 0.3 is 17.9 Å². The van der Waals surface area contributed by atoms with Gasteiger partial charge in [-0.25, -0.2) is 9.59 Å². The maximum atomic E-state index is 13.0. The van der Waals surface area contributed by atoms with Gasteiger partial charge in [-0.05, 0) is 77.0 Å². The Kier molecular flexibility index (Phi) is 10.8. The van der Waals surface area contributed by atoms with Gasteiger partial charge < -0.3 is 24.5 Å². The zero-order valence-corrected chi connectivity index (χ0v) is 22.6. The highest BCUT2D eigenvalue weighted by Gasteiger charge is 2.36. The van der Waals surface area contributed by atoms with Gasteiger partial charge in [-0.15, -0.1) is 10.1 Å². The summed E-state index contributed by atoms with van der Waals surface area (Å²) in [5, 5.41) is 29.4. The highest BCUT2D eigenvalue weighted by Crippen LogP contribution is 2.48.